The predicted octanol–water partition coefficient (Wildman–Crippen LogP) is 1.79. The van der Waals surface area contributed by atoms with Crippen LogP contribution in [-0.4, -0.2) is 44.3 Å². The molecule has 5 nitrogen and oxygen atoms in total. The first-order valence-corrected chi connectivity index (χ1v) is 8.65. The lowest BCUT2D eigenvalue weighted by atomic mass is 9.91. The third kappa shape index (κ3) is 2.61. The highest BCUT2D eigenvalue weighted by Crippen LogP contribution is 2.40. The number of nitrogens with zero attached hydrogens (tertiary/aromatic N) is 4. The largest absolute Gasteiger partial charge is 0.308 e. The molecule has 1 aromatic rings. The van der Waals surface area contributed by atoms with Crippen molar-refractivity contribution in [2.45, 2.75) is 70.1 Å². The van der Waals surface area contributed by atoms with Gasteiger partial charge in [-0.2, -0.15) is 5.10 Å². The molecule has 3 fully saturated rings. The summed E-state index contributed by atoms with van der Waals surface area (Å²) < 4.78 is 2.05. The molecule has 21 heavy (non-hydrogen) atoms. The molecule has 3 aliphatic rings. The topological polar surface area (TPSA) is 46.0 Å². The molecule has 1 atom stereocenters. The van der Waals surface area contributed by atoms with Crippen molar-refractivity contribution >= 4 is 0 Å². The second-order valence-corrected chi connectivity index (χ2v) is 7.17. The number of hydrogen-bond donors (Lipinski definition) is 1. The third-order valence-corrected chi connectivity index (χ3v) is 5.73. The molecule has 1 N–H and O–H groups in total. The van der Waals surface area contributed by atoms with Gasteiger partial charge in [-0.15, -0.1) is 0 Å². The molecule has 1 aliphatic heterocycles. The van der Waals surface area contributed by atoms with Gasteiger partial charge in [0.1, 0.15) is 12.2 Å². The summed E-state index contributed by atoms with van der Waals surface area (Å²) in [5.41, 5.74) is 0.391. The maximum Gasteiger partial charge on any atom is 0.141 e. The van der Waals surface area contributed by atoms with Crippen LogP contribution < -0.4 is 5.32 Å². The van der Waals surface area contributed by atoms with Gasteiger partial charge in [0.05, 0.1) is 6.54 Å². The number of rotatable bonds is 4. The van der Waals surface area contributed by atoms with E-state index >= 15 is 0 Å². The van der Waals surface area contributed by atoms with Gasteiger partial charge in [-0.1, -0.05) is 12.8 Å². The van der Waals surface area contributed by atoms with E-state index in [4.69, 9.17) is 0 Å². The van der Waals surface area contributed by atoms with Crippen LogP contribution in [0.5, 0.6) is 0 Å². The second-order valence-electron chi connectivity index (χ2n) is 7.17. The Morgan fingerprint density at radius 3 is 2.86 bits per heavy atom. The van der Waals surface area contributed by atoms with Crippen LogP contribution in [0.2, 0.25) is 0 Å². The van der Waals surface area contributed by atoms with E-state index in [-0.39, 0.29) is 0 Å². The lowest BCUT2D eigenvalue weighted by Crippen LogP contribution is -2.63. The van der Waals surface area contributed by atoms with E-state index in [1.54, 1.807) is 6.33 Å². The van der Waals surface area contributed by atoms with Crippen LogP contribution >= 0.6 is 0 Å². The Labute approximate surface area is 127 Å². The van der Waals surface area contributed by atoms with Crippen molar-refractivity contribution in [2.75, 3.05) is 13.1 Å². The van der Waals surface area contributed by atoms with Gasteiger partial charge in [0, 0.05) is 31.2 Å². The fourth-order valence-electron chi connectivity index (χ4n) is 4.37. The molecule has 1 saturated heterocycles. The quantitative estimate of drug-likeness (QED) is 0.918. The van der Waals surface area contributed by atoms with E-state index in [9.17, 15) is 0 Å². The number of aryl methyl sites for hydroxylation is 1. The summed E-state index contributed by atoms with van der Waals surface area (Å²) in [5.74, 6) is 2.05. The zero-order valence-electron chi connectivity index (χ0n) is 13.1. The summed E-state index contributed by atoms with van der Waals surface area (Å²) in [5, 5.41) is 8.26. The average Bonchev–Trinajstić information content (AvgIpc) is 3.07. The molecule has 4 rings (SSSR count). The number of piperazine rings is 1. The van der Waals surface area contributed by atoms with Crippen LogP contribution in [0.25, 0.3) is 0 Å². The van der Waals surface area contributed by atoms with Crippen molar-refractivity contribution in [1.82, 2.24) is 25.0 Å². The highest BCUT2D eigenvalue weighted by Gasteiger charge is 2.45. The van der Waals surface area contributed by atoms with Gasteiger partial charge >= 0.3 is 0 Å². The maximum atomic E-state index is 4.50. The number of nitrogens with one attached hydrogen (secondary N) is 1. The molecular formula is C16H27N5. The van der Waals surface area contributed by atoms with Crippen LogP contribution in [0.1, 0.15) is 51.3 Å². The molecule has 116 valence electrons. The Balaban J connectivity index is 1.53. The summed E-state index contributed by atoms with van der Waals surface area (Å²) in [6.45, 7) is 6.40. The molecule has 0 amide bonds. The second kappa shape index (κ2) is 5.36. The van der Waals surface area contributed by atoms with Gasteiger partial charge in [-0.3, -0.25) is 4.90 Å². The van der Waals surface area contributed by atoms with Crippen LogP contribution in [0.4, 0.5) is 0 Å². The molecule has 0 aromatic carbocycles. The van der Waals surface area contributed by atoms with Crippen molar-refractivity contribution in [3.8, 4) is 0 Å². The lowest BCUT2D eigenvalue weighted by Gasteiger charge is -2.46. The summed E-state index contributed by atoms with van der Waals surface area (Å²) in [6.07, 6.45) is 10.0. The molecule has 1 unspecified atom stereocenters. The lowest BCUT2D eigenvalue weighted by molar-refractivity contribution is 0.0594. The Kier molecular flexibility index (Phi) is 3.50. The summed E-state index contributed by atoms with van der Waals surface area (Å²) in [4.78, 5) is 7.22. The van der Waals surface area contributed by atoms with E-state index in [1.165, 1.54) is 51.6 Å². The minimum atomic E-state index is 0.391. The standard InChI is InChI=1S/C16H27N5/c1-2-21-15(17-12-19-21)10-20-11-16(7-3-4-8-16)18-9-14(20)13-5-6-13/h12-14,18H,2-11H2,1H3. The Morgan fingerprint density at radius 2 is 2.14 bits per heavy atom. The highest BCUT2D eigenvalue weighted by atomic mass is 15.4. The Morgan fingerprint density at radius 1 is 1.33 bits per heavy atom. The highest BCUT2D eigenvalue weighted by molar-refractivity contribution is 5.05. The van der Waals surface area contributed by atoms with Crippen LogP contribution in [-0.2, 0) is 13.1 Å². The van der Waals surface area contributed by atoms with Crippen molar-refractivity contribution in [3.63, 3.8) is 0 Å². The molecule has 0 bridgehead atoms. The van der Waals surface area contributed by atoms with E-state index in [0.29, 0.717) is 11.6 Å². The average molecular weight is 289 g/mol. The van der Waals surface area contributed by atoms with Crippen LogP contribution in [0.15, 0.2) is 6.33 Å². The molecule has 5 heteroatoms. The molecule has 2 aliphatic carbocycles. The minimum Gasteiger partial charge on any atom is -0.308 e. The van der Waals surface area contributed by atoms with Gasteiger partial charge in [-0.25, -0.2) is 9.67 Å². The number of hydrogen-bond acceptors (Lipinski definition) is 4. The van der Waals surface area contributed by atoms with Crippen LogP contribution in [0, 0.1) is 5.92 Å². The fraction of sp³-hybridized carbons (Fsp3) is 0.875. The van der Waals surface area contributed by atoms with E-state index in [2.05, 4.69) is 27.2 Å². The van der Waals surface area contributed by atoms with Gasteiger partial charge in [-0.05, 0) is 38.5 Å². The molecule has 1 spiro atoms. The van der Waals surface area contributed by atoms with E-state index in [1.807, 2.05) is 4.68 Å². The van der Waals surface area contributed by atoms with Crippen molar-refractivity contribution in [3.05, 3.63) is 12.2 Å². The predicted molar refractivity (Wildman–Crippen MR) is 81.8 cm³/mol. The Hall–Kier alpha value is -0.940. The minimum absolute atomic E-state index is 0.391. The molecule has 0 radical (unpaired) electrons. The maximum absolute atomic E-state index is 4.50. The molecule has 2 saturated carbocycles. The first kappa shape index (κ1) is 13.7. The zero-order valence-corrected chi connectivity index (χ0v) is 13.1. The van der Waals surface area contributed by atoms with Crippen LogP contribution in [0.3, 0.4) is 0 Å². The van der Waals surface area contributed by atoms with Crippen molar-refractivity contribution < 1.29 is 0 Å². The van der Waals surface area contributed by atoms with E-state index in [0.717, 1.165) is 24.8 Å². The van der Waals surface area contributed by atoms with Gasteiger partial charge in [0.2, 0.25) is 0 Å². The zero-order chi connectivity index (χ0) is 14.3. The number of aromatic nitrogens is 3. The molecular weight excluding hydrogens is 262 g/mol. The molecule has 2 heterocycles. The molecule has 1 aromatic heterocycles. The normalized spacial score (nSPS) is 29.3. The summed E-state index contributed by atoms with van der Waals surface area (Å²) in [6, 6.07) is 0.707. The van der Waals surface area contributed by atoms with Crippen molar-refractivity contribution in [2.24, 2.45) is 5.92 Å². The smallest absolute Gasteiger partial charge is 0.141 e. The van der Waals surface area contributed by atoms with Gasteiger partial charge in [0.25, 0.3) is 0 Å². The summed E-state index contributed by atoms with van der Waals surface area (Å²) >= 11 is 0. The Bertz CT molecular complexity index is 487. The SMILES string of the molecule is CCn1ncnc1CN1CC2(CCCC2)NCC1C1CC1. The van der Waals surface area contributed by atoms with Gasteiger partial charge in [0.15, 0.2) is 0 Å². The van der Waals surface area contributed by atoms with Crippen molar-refractivity contribution in [1.29, 1.82) is 0 Å². The summed E-state index contributed by atoms with van der Waals surface area (Å²) in [7, 11) is 0. The third-order valence-electron chi connectivity index (χ3n) is 5.73. The van der Waals surface area contributed by atoms with Gasteiger partial charge < -0.3 is 5.32 Å². The van der Waals surface area contributed by atoms with E-state index < -0.39 is 0 Å². The first-order valence-electron chi connectivity index (χ1n) is 8.65. The fourth-order valence-corrected chi connectivity index (χ4v) is 4.37. The monoisotopic (exact) mass is 289 g/mol. The first-order chi connectivity index (χ1) is 10.3.